The number of pyridine rings is 1. The molecule has 1 heterocycles. The summed E-state index contributed by atoms with van der Waals surface area (Å²) in [5.41, 5.74) is 9.42. The lowest BCUT2D eigenvalue weighted by molar-refractivity contribution is 0.545. The predicted molar refractivity (Wildman–Crippen MR) is 86.0 cm³/mol. The smallest absolute Gasteiger partial charge is 0.0399 e. The van der Waals surface area contributed by atoms with E-state index in [1.54, 1.807) is 0 Å². The molecule has 2 nitrogen and oxygen atoms in total. The number of aromatic nitrogens is 1. The molecule has 2 N–H and O–H groups in total. The number of rotatable bonds is 3. The molecule has 1 aliphatic carbocycles. The summed E-state index contributed by atoms with van der Waals surface area (Å²) < 4.78 is 0. The van der Waals surface area contributed by atoms with Gasteiger partial charge in [-0.2, -0.15) is 0 Å². The summed E-state index contributed by atoms with van der Waals surface area (Å²) in [6.07, 6.45) is 6.09. The molecule has 4 rings (SSSR count). The number of nitrogens with two attached hydrogens (primary N) is 1. The Balaban J connectivity index is 1.83. The Morgan fingerprint density at radius 3 is 2.52 bits per heavy atom. The second kappa shape index (κ2) is 4.68. The van der Waals surface area contributed by atoms with Crippen LogP contribution in [0.1, 0.15) is 30.0 Å². The second-order valence-electron chi connectivity index (χ2n) is 5.94. The zero-order valence-corrected chi connectivity index (χ0v) is 11.9. The van der Waals surface area contributed by atoms with E-state index in [1.807, 2.05) is 12.4 Å². The van der Waals surface area contributed by atoms with E-state index in [1.165, 1.54) is 29.4 Å². The first-order valence-electron chi connectivity index (χ1n) is 7.45. The molecule has 0 amide bonds. The third-order valence-corrected chi connectivity index (χ3v) is 4.78. The van der Waals surface area contributed by atoms with E-state index in [0.717, 1.165) is 5.39 Å². The highest BCUT2D eigenvalue weighted by Crippen LogP contribution is 2.56. The van der Waals surface area contributed by atoms with Crippen LogP contribution < -0.4 is 5.73 Å². The summed E-state index contributed by atoms with van der Waals surface area (Å²) >= 11 is 0. The molecule has 0 saturated heterocycles. The van der Waals surface area contributed by atoms with Crippen molar-refractivity contribution in [1.29, 1.82) is 0 Å². The van der Waals surface area contributed by atoms with Gasteiger partial charge in [0.05, 0.1) is 0 Å². The van der Waals surface area contributed by atoms with Crippen molar-refractivity contribution in [3.8, 4) is 0 Å². The van der Waals surface area contributed by atoms with Crippen molar-refractivity contribution in [3.05, 3.63) is 78.1 Å². The van der Waals surface area contributed by atoms with Gasteiger partial charge in [-0.3, -0.25) is 4.98 Å². The van der Waals surface area contributed by atoms with Crippen molar-refractivity contribution < 1.29 is 0 Å². The Morgan fingerprint density at radius 1 is 0.952 bits per heavy atom. The fraction of sp³-hybridized carbons (Fsp3) is 0.211. The van der Waals surface area contributed by atoms with E-state index in [0.29, 0.717) is 0 Å². The monoisotopic (exact) mass is 274 g/mol. The molecule has 1 aliphatic rings. The summed E-state index contributed by atoms with van der Waals surface area (Å²) in [4.78, 5) is 4.21. The fourth-order valence-electron chi connectivity index (χ4n) is 3.40. The maximum absolute atomic E-state index is 6.71. The van der Waals surface area contributed by atoms with Crippen molar-refractivity contribution in [1.82, 2.24) is 4.98 Å². The van der Waals surface area contributed by atoms with Crippen LogP contribution in [-0.2, 0) is 5.41 Å². The molecule has 2 heteroatoms. The molecule has 1 fully saturated rings. The topological polar surface area (TPSA) is 38.9 Å². The number of fused-ring (bicyclic) bond motifs is 1. The summed E-state index contributed by atoms with van der Waals surface area (Å²) in [6.45, 7) is 0. The summed E-state index contributed by atoms with van der Waals surface area (Å²) in [7, 11) is 0. The van der Waals surface area contributed by atoms with E-state index >= 15 is 0 Å². The van der Waals surface area contributed by atoms with Crippen LogP contribution in [0.5, 0.6) is 0 Å². The third kappa shape index (κ3) is 1.95. The number of benzene rings is 2. The van der Waals surface area contributed by atoms with E-state index in [2.05, 4.69) is 59.6 Å². The van der Waals surface area contributed by atoms with Crippen LogP contribution in [0.25, 0.3) is 10.8 Å². The molecule has 3 aromatic rings. The maximum atomic E-state index is 6.71. The van der Waals surface area contributed by atoms with E-state index in [-0.39, 0.29) is 11.5 Å². The molecule has 1 aromatic heterocycles. The molecule has 0 bridgehead atoms. The van der Waals surface area contributed by atoms with Crippen LogP contribution in [0.4, 0.5) is 0 Å². The van der Waals surface area contributed by atoms with E-state index in [9.17, 15) is 0 Å². The first-order valence-corrected chi connectivity index (χ1v) is 7.45. The first-order chi connectivity index (χ1) is 10.3. The van der Waals surface area contributed by atoms with Gasteiger partial charge in [-0.05, 0) is 35.4 Å². The summed E-state index contributed by atoms with van der Waals surface area (Å²) in [5.74, 6) is 0. The number of hydrogen-bond donors (Lipinski definition) is 1. The molecule has 1 atom stereocenters. The van der Waals surface area contributed by atoms with Gasteiger partial charge in [-0.25, -0.2) is 0 Å². The van der Waals surface area contributed by atoms with E-state index < -0.39 is 0 Å². The molecule has 2 aromatic carbocycles. The average molecular weight is 274 g/mol. The Kier molecular flexibility index (Phi) is 2.79. The number of hydrogen-bond acceptors (Lipinski definition) is 2. The summed E-state index contributed by atoms with van der Waals surface area (Å²) in [5, 5.41) is 2.39. The maximum Gasteiger partial charge on any atom is 0.0399 e. The average Bonchev–Trinajstić information content (AvgIpc) is 3.36. The molecule has 0 aliphatic heterocycles. The zero-order valence-electron chi connectivity index (χ0n) is 11.9. The molecule has 1 unspecified atom stereocenters. The second-order valence-corrected chi connectivity index (χ2v) is 5.94. The van der Waals surface area contributed by atoms with Gasteiger partial charge in [0.25, 0.3) is 0 Å². The molecule has 104 valence electrons. The molecule has 21 heavy (non-hydrogen) atoms. The highest BCUT2D eigenvalue weighted by Gasteiger charge is 2.49. The lowest BCUT2D eigenvalue weighted by Crippen LogP contribution is -2.26. The Morgan fingerprint density at radius 2 is 1.76 bits per heavy atom. The van der Waals surface area contributed by atoms with Gasteiger partial charge >= 0.3 is 0 Å². The molecule has 0 radical (unpaired) electrons. The fourth-order valence-corrected chi connectivity index (χ4v) is 3.40. The van der Waals surface area contributed by atoms with Crippen LogP contribution in [-0.4, -0.2) is 4.98 Å². The van der Waals surface area contributed by atoms with Crippen molar-refractivity contribution in [3.63, 3.8) is 0 Å². The normalized spacial score (nSPS) is 17.6. The van der Waals surface area contributed by atoms with Gasteiger partial charge in [0.2, 0.25) is 0 Å². The predicted octanol–water partition coefficient (Wildman–Crippen LogP) is 3.97. The lowest BCUT2D eigenvalue weighted by atomic mass is 9.83. The van der Waals surface area contributed by atoms with Gasteiger partial charge in [-0.1, -0.05) is 48.5 Å². The van der Waals surface area contributed by atoms with Gasteiger partial charge in [0, 0.05) is 29.2 Å². The Hall–Kier alpha value is -2.19. The zero-order chi connectivity index (χ0) is 14.3. The minimum absolute atomic E-state index is 0.0333. The van der Waals surface area contributed by atoms with Crippen molar-refractivity contribution >= 4 is 10.8 Å². The SMILES string of the molecule is NC(c1cccc2cnccc12)C1(c2ccccc2)CC1. The van der Waals surface area contributed by atoms with Crippen LogP contribution in [0.3, 0.4) is 0 Å². The summed E-state index contributed by atoms with van der Waals surface area (Å²) in [6, 6.07) is 19.1. The molecule has 1 saturated carbocycles. The van der Waals surface area contributed by atoms with Gasteiger partial charge in [0.1, 0.15) is 0 Å². The van der Waals surface area contributed by atoms with Gasteiger partial charge < -0.3 is 5.73 Å². The van der Waals surface area contributed by atoms with E-state index in [4.69, 9.17) is 5.73 Å². The van der Waals surface area contributed by atoms with Crippen LogP contribution in [0.15, 0.2) is 67.0 Å². The van der Waals surface area contributed by atoms with Crippen LogP contribution >= 0.6 is 0 Å². The quantitative estimate of drug-likeness (QED) is 0.785. The van der Waals surface area contributed by atoms with Gasteiger partial charge in [0.15, 0.2) is 0 Å². The first kappa shape index (κ1) is 12.5. The van der Waals surface area contributed by atoms with Crippen LogP contribution in [0, 0.1) is 0 Å². The Labute approximate surface area is 124 Å². The van der Waals surface area contributed by atoms with Gasteiger partial charge in [-0.15, -0.1) is 0 Å². The molecular weight excluding hydrogens is 256 g/mol. The largest absolute Gasteiger partial charge is 0.323 e. The minimum Gasteiger partial charge on any atom is -0.323 e. The molecular formula is C19H18N2. The van der Waals surface area contributed by atoms with Crippen molar-refractivity contribution in [2.45, 2.75) is 24.3 Å². The Bertz CT molecular complexity index is 770. The number of nitrogens with zero attached hydrogens (tertiary/aromatic N) is 1. The molecule has 0 spiro atoms. The third-order valence-electron chi connectivity index (χ3n) is 4.78. The minimum atomic E-state index is 0.0333. The standard InChI is InChI=1S/C19H18N2/c20-18(19(10-11-19)15-6-2-1-3-7-15)17-8-4-5-14-13-21-12-9-16(14)17/h1-9,12-13,18H,10-11,20H2. The van der Waals surface area contributed by atoms with Crippen LogP contribution in [0.2, 0.25) is 0 Å². The highest BCUT2D eigenvalue weighted by atomic mass is 14.7. The lowest BCUT2D eigenvalue weighted by Gasteiger charge is -2.25. The highest BCUT2D eigenvalue weighted by molar-refractivity contribution is 5.85. The van der Waals surface area contributed by atoms with Crippen molar-refractivity contribution in [2.24, 2.45) is 5.73 Å². The van der Waals surface area contributed by atoms with Crippen molar-refractivity contribution in [2.75, 3.05) is 0 Å².